The van der Waals surface area contributed by atoms with Crippen molar-refractivity contribution in [3.63, 3.8) is 0 Å². The molecule has 0 amide bonds. The molecule has 0 aromatic rings. The molecule has 1 aliphatic carbocycles. The number of thiocarbonyl (C=S) groups is 2. The molecule has 1 saturated heterocycles. The Bertz CT molecular complexity index is 261. The molecule has 3 heteroatoms. The van der Waals surface area contributed by atoms with E-state index >= 15 is 0 Å². The lowest BCUT2D eigenvalue weighted by atomic mass is 9.75. The fraction of sp³-hybridized carbons (Fsp3) is 0.778. The first-order chi connectivity index (χ1) is 5.55. The fourth-order valence-corrected chi connectivity index (χ4v) is 3.29. The minimum absolute atomic E-state index is 0.225. The van der Waals surface area contributed by atoms with Crippen LogP contribution in [0.25, 0.3) is 0 Å². The van der Waals surface area contributed by atoms with Crippen molar-refractivity contribution in [3.05, 3.63) is 0 Å². The monoisotopic (exact) mass is 199 g/mol. The van der Waals surface area contributed by atoms with E-state index in [0.29, 0.717) is 11.8 Å². The van der Waals surface area contributed by atoms with Gasteiger partial charge in [0, 0.05) is 11.3 Å². The highest BCUT2D eigenvalue weighted by Gasteiger charge is 2.50. The van der Waals surface area contributed by atoms with Crippen molar-refractivity contribution in [2.75, 3.05) is 0 Å². The molecule has 1 heterocycles. The quantitative estimate of drug-likeness (QED) is 0.601. The maximum atomic E-state index is 5.32. The van der Waals surface area contributed by atoms with Crippen LogP contribution in [0, 0.1) is 17.3 Å². The molecule has 2 fully saturated rings. The first-order valence-electron chi connectivity index (χ1n) is 4.41. The molecule has 2 rings (SSSR count). The molecule has 2 aliphatic rings. The average molecular weight is 199 g/mol. The van der Waals surface area contributed by atoms with Gasteiger partial charge in [0.2, 0.25) is 0 Å². The van der Waals surface area contributed by atoms with E-state index in [-0.39, 0.29) is 5.41 Å². The summed E-state index contributed by atoms with van der Waals surface area (Å²) in [5.74, 6) is 1.22. The second-order valence-electron chi connectivity index (χ2n) is 4.17. The van der Waals surface area contributed by atoms with E-state index in [4.69, 9.17) is 24.4 Å². The number of rotatable bonds is 0. The van der Waals surface area contributed by atoms with Gasteiger partial charge in [0.05, 0.1) is 9.98 Å². The van der Waals surface area contributed by atoms with Crippen molar-refractivity contribution in [2.24, 2.45) is 17.3 Å². The van der Waals surface area contributed by atoms with Crippen LogP contribution in [0.2, 0.25) is 0 Å². The van der Waals surface area contributed by atoms with Crippen LogP contribution in [0.3, 0.4) is 0 Å². The second-order valence-corrected chi connectivity index (χ2v) is 5.02. The summed E-state index contributed by atoms with van der Waals surface area (Å²) in [6.45, 7) is 4.53. The van der Waals surface area contributed by atoms with Gasteiger partial charge in [0.15, 0.2) is 0 Å². The van der Waals surface area contributed by atoms with Crippen molar-refractivity contribution in [1.82, 2.24) is 5.32 Å². The van der Waals surface area contributed by atoms with Gasteiger partial charge >= 0.3 is 0 Å². The summed E-state index contributed by atoms with van der Waals surface area (Å²) in [5.41, 5.74) is 0.225. The Balaban J connectivity index is 2.40. The van der Waals surface area contributed by atoms with E-state index in [1.165, 1.54) is 12.8 Å². The Labute approximate surface area is 83.9 Å². The second kappa shape index (κ2) is 2.48. The Morgan fingerprint density at radius 3 is 2.83 bits per heavy atom. The Kier molecular flexibility index (Phi) is 1.77. The van der Waals surface area contributed by atoms with E-state index in [1.54, 1.807) is 0 Å². The van der Waals surface area contributed by atoms with Crippen molar-refractivity contribution in [2.45, 2.75) is 26.7 Å². The van der Waals surface area contributed by atoms with Crippen molar-refractivity contribution >= 4 is 34.4 Å². The Hall–Kier alpha value is -0.0200. The van der Waals surface area contributed by atoms with Gasteiger partial charge in [-0.2, -0.15) is 0 Å². The molecule has 0 aromatic heterocycles. The minimum Gasteiger partial charge on any atom is -0.344 e. The summed E-state index contributed by atoms with van der Waals surface area (Å²) in [7, 11) is 0. The first kappa shape index (κ1) is 8.57. The van der Waals surface area contributed by atoms with Crippen molar-refractivity contribution < 1.29 is 0 Å². The molecule has 2 bridgehead atoms. The summed E-state index contributed by atoms with van der Waals surface area (Å²) in [6.07, 6.45) is 2.41. The molecule has 3 atom stereocenters. The first-order valence-corrected chi connectivity index (χ1v) is 5.22. The topological polar surface area (TPSA) is 12.0 Å². The number of nitrogens with one attached hydrogen (secondary N) is 1. The van der Waals surface area contributed by atoms with Gasteiger partial charge in [-0.15, -0.1) is 0 Å². The van der Waals surface area contributed by atoms with Gasteiger partial charge in [-0.3, -0.25) is 0 Å². The highest BCUT2D eigenvalue weighted by atomic mass is 32.1. The zero-order valence-electron chi connectivity index (χ0n) is 7.39. The molecule has 66 valence electrons. The van der Waals surface area contributed by atoms with Crippen LogP contribution in [-0.2, 0) is 0 Å². The Morgan fingerprint density at radius 1 is 1.50 bits per heavy atom. The summed E-state index contributed by atoms with van der Waals surface area (Å²) >= 11 is 10.6. The molecule has 1 saturated carbocycles. The maximum absolute atomic E-state index is 5.32. The van der Waals surface area contributed by atoms with E-state index in [9.17, 15) is 0 Å². The fourth-order valence-electron chi connectivity index (χ4n) is 2.40. The van der Waals surface area contributed by atoms with Crippen LogP contribution in [0.1, 0.15) is 26.7 Å². The molecule has 0 spiro atoms. The van der Waals surface area contributed by atoms with Gasteiger partial charge in [-0.1, -0.05) is 38.3 Å². The molecule has 1 aliphatic heterocycles. The predicted molar refractivity (Wildman–Crippen MR) is 58.3 cm³/mol. The average Bonchev–Trinajstić information content (AvgIpc) is 2.23. The van der Waals surface area contributed by atoms with Crippen LogP contribution in [0.15, 0.2) is 0 Å². The third-order valence-electron chi connectivity index (χ3n) is 3.68. The van der Waals surface area contributed by atoms with Crippen LogP contribution < -0.4 is 5.32 Å². The summed E-state index contributed by atoms with van der Waals surface area (Å²) in [6, 6.07) is 0. The lowest BCUT2D eigenvalue weighted by Gasteiger charge is -2.38. The van der Waals surface area contributed by atoms with Gasteiger partial charge in [-0.25, -0.2) is 0 Å². The summed E-state index contributed by atoms with van der Waals surface area (Å²) < 4.78 is 0. The molecule has 0 unspecified atom stereocenters. The number of hydrogen-bond donors (Lipinski definition) is 1. The molecule has 12 heavy (non-hydrogen) atoms. The van der Waals surface area contributed by atoms with E-state index in [2.05, 4.69) is 19.2 Å². The van der Waals surface area contributed by atoms with E-state index in [0.717, 1.165) is 9.98 Å². The van der Waals surface area contributed by atoms with Gasteiger partial charge in [0.25, 0.3) is 0 Å². The SMILES string of the molecule is C[C@@H]1[C@@H]2CC[C@@]1(C)C(=S)NC2=S. The van der Waals surface area contributed by atoms with Crippen LogP contribution in [-0.4, -0.2) is 9.98 Å². The van der Waals surface area contributed by atoms with E-state index < -0.39 is 0 Å². The van der Waals surface area contributed by atoms with Crippen molar-refractivity contribution in [1.29, 1.82) is 0 Å². The van der Waals surface area contributed by atoms with Crippen molar-refractivity contribution in [3.8, 4) is 0 Å². The van der Waals surface area contributed by atoms with Gasteiger partial charge < -0.3 is 5.32 Å². The number of fused-ring (bicyclic) bond motifs is 2. The maximum Gasteiger partial charge on any atom is 0.0863 e. The Morgan fingerprint density at radius 2 is 2.17 bits per heavy atom. The third-order valence-corrected chi connectivity index (χ3v) is 4.65. The normalized spacial score (nSPS) is 46.2. The lowest BCUT2D eigenvalue weighted by molar-refractivity contribution is 0.327. The largest absolute Gasteiger partial charge is 0.344 e. The highest BCUT2D eigenvalue weighted by Crippen LogP contribution is 2.50. The molecular weight excluding hydrogens is 186 g/mol. The summed E-state index contributed by atoms with van der Waals surface area (Å²) in [4.78, 5) is 1.94. The predicted octanol–water partition coefficient (Wildman–Crippen LogP) is 2.30. The summed E-state index contributed by atoms with van der Waals surface area (Å²) in [5, 5.41) is 3.18. The number of hydrogen-bond acceptors (Lipinski definition) is 2. The smallest absolute Gasteiger partial charge is 0.0863 e. The minimum atomic E-state index is 0.225. The molecular formula is C9H13NS2. The standard InChI is InChI=1S/C9H13NS2/c1-5-6-3-4-9(5,2)8(12)10-7(6)11/h5-6H,3-4H2,1-2H3,(H,10,11,12)/t5-,6+,9-/m1/s1. The number of piperidine rings is 1. The lowest BCUT2D eigenvalue weighted by Crippen LogP contribution is -2.50. The third kappa shape index (κ3) is 0.895. The van der Waals surface area contributed by atoms with Gasteiger partial charge in [-0.05, 0) is 18.8 Å². The molecule has 1 N–H and O–H groups in total. The zero-order valence-corrected chi connectivity index (χ0v) is 9.02. The highest BCUT2D eigenvalue weighted by molar-refractivity contribution is 7.82. The van der Waals surface area contributed by atoms with Crippen LogP contribution in [0.4, 0.5) is 0 Å². The molecule has 0 radical (unpaired) electrons. The molecule has 1 nitrogen and oxygen atoms in total. The zero-order chi connectivity index (χ0) is 8.93. The van der Waals surface area contributed by atoms with Crippen LogP contribution >= 0.6 is 24.4 Å². The van der Waals surface area contributed by atoms with Crippen LogP contribution in [0.5, 0.6) is 0 Å². The van der Waals surface area contributed by atoms with Gasteiger partial charge in [0.1, 0.15) is 0 Å². The van der Waals surface area contributed by atoms with E-state index in [1.807, 2.05) is 0 Å². The molecule has 0 aromatic carbocycles.